The molecule has 0 radical (unpaired) electrons. The monoisotopic (exact) mass is 646 g/mol. The Morgan fingerprint density at radius 2 is 0.896 bits per heavy atom. The van der Waals surface area contributed by atoms with Gasteiger partial charge in [-0.25, -0.2) is 0 Å². The minimum Gasteiger partial charge on any atom is -0.462 e. The Morgan fingerprint density at radius 3 is 1.38 bits per heavy atom. The van der Waals surface area contributed by atoms with E-state index in [1.54, 1.807) is 0 Å². The zero-order valence-corrected chi connectivity index (χ0v) is 26.9. The first-order valence-corrected chi connectivity index (χ1v) is 16.4. The fourth-order valence-corrected chi connectivity index (χ4v) is 5.65. The molecule has 6 rings (SSSR count). The zero-order chi connectivity index (χ0) is 32.8. The quantitative estimate of drug-likeness (QED) is 0.121. The van der Waals surface area contributed by atoms with Crippen molar-refractivity contribution in [3.05, 3.63) is 173 Å². The van der Waals surface area contributed by atoms with Crippen LogP contribution in [0.5, 0.6) is 5.75 Å². The average molecular weight is 647 g/mol. The first-order chi connectivity index (χ1) is 23.7. The van der Waals surface area contributed by atoms with Crippen LogP contribution in [0.1, 0.15) is 27.8 Å². The first-order valence-electron chi connectivity index (χ1n) is 16.4. The molecule has 0 amide bonds. The first kappa shape index (κ1) is 33.6. The van der Waals surface area contributed by atoms with E-state index in [1.165, 1.54) is 0 Å². The molecular formula is C41H42O7. The van der Waals surface area contributed by atoms with Gasteiger partial charge in [-0.2, -0.15) is 0 Å². The van der Waals surface area contributed by atoms with Crippen LogP contribution in [0.3, 0.4) is 0 Å². The smallest absolute Gasteiger partial charge is 0.229 e. The molecule has 0 saturated carbocycles. The van der Waals surface area contributed by atoms with Gasteiger partial charge in [0.05, 0.1) is 39.6 Å². The summed E-state index contributed by atoms with van der Waals surface area (Å²) >= 11 is 0. The van der Waals surface area contributed by atoms with Crippen LogP contribution < -0.4 is 4.74 Å². The molecule has 5 aromatic carbocycles. The third-order valence-corrected chi connectivity index (χ3v) is 8.20. The number of aliphatic hydroxyl groups is 1. The molecule has 0 aliphatic carbocycles. The van der Waals surface area contributed by atoms with E-state index in [-0.39, 0.29) is 13.2 Å². The van der Waals surface area contributed by atoms with Crippen molar-refractivity contribution in [2.45, 2.75) is 63.7 Å². The normalized spacial score (nSPS) is 20.7. The molecule has 1 aliphatic rings. The maximum Gasteiger partial charge on any atom is 0.229 e. The standard InChI is InChI=1S/C41H42O7/c42-25-31-21-23-36(24-22-31)47-41-40(46-29-35-19-11-4-12-20-35)39(45-28-34-17-9-3-10-18-34)38(44-27-33-15-7-2-8-16-33)37(48-41)30-43-26-32-13-5-1-6-14-32/h1-24,37-42H,25-30H2/t37?,38-,39?,40-,41+/m0/s1. The van der Waals surface area contributed by atoms with E-state index < -0.39 is 30.7 Å². The second-order valence-electron chi connectivity index (χ2n) is 11.7. The van der Waals surface area contributed by atoms with E-state index in [0.29, 0.717) is 32.2 Å². The SMILES string of the molecule is OCc1ccc(O[C@@H]2OC(COCc3ccccc3)[C@H](OCc3ccccc3)C(OCc3ccccc3)[C@@H]2OCc2ccccc2)cc1. The highest BCUT2D eigenvalue weighted by Crippen LogP contribution is 2.32. The number of ether oxygens (including phenoxy) is 6. The van der Waals surface area contributed by atoms with E-state index in [9.17, 15) is 5.11 Å². The molecule has 0 aromatic heterocycles. The Kier molecular flexibility index (Phi) is 12.4. The Bertz CT molecular complexity index is 1600. The van der Waals surface area contributed by atoms with Crippen molar-refractivity contribution in [1.82, 2.24) is 0 Å². The van der Waals surface area contributed by atoms with Crippen molar-refractivity contribution in [2.24, 2.45) is 0 Å². The van der Waals surface area contributed by atoms with Gasteiger partial charge in [0.1, 0.15) is 30.2 Å². The van der Waals surface area contributed by atoms with Crippen LogP contribution in [0.25, 0.3) is 0 Å². The minimum absolute atomic E-state index is 0.0559. The molecule has 7 heteroatoms. The van der Waals surface area contributed by atoms with Crippen LogP contribution >= 0.6 is 0 Å². The van der Waals surface area contributed by atoms with E-state index in [4.69, 9.17) is 28.4 Å². The Labute approximate surface area is 282 Å². The van der Waals surface area contributed by atoms with Crippen LogP contribution in [-0.2, 0) is 56.7 Å². The van der Waals surface area contributed by atoms with Gasteiger partial charge < -0.3 is 33.5 Å². The molecule has 7 nitrogen and oxygen atoms in total. The summed E-state index contributed by atoms with van der Waals surface area (Å²) in [5, 5.41) is 9.59. The zero-order valence-electron chi connectivity index (χ0n) is 26.9. The molecule has 5 aromatic rings. The van der Waals surface area contributed by atoms with Crippen LogP contribution in [0.4, 0.5) is 0 Å². The van der Waals surface area contributed by atoms with Gasteiger partial charge in [0, 0.05) is 0 Å². The van der Waals surface area contributed by atoms with Crippen molar-refractivity contribution in [3.8, 4) is 5.75 Å². The molecule has 1 aliphatic heterocycles. The molecule has 248 valence electrons. The number of benzene rings is 5. The van der Waals surface area contributed by atoms with Crippen LogP contribution in [0, 0.1) is 0 Å². The molecule has 48 heavy (non-hydrogen) atoms. The summed E-state index contributed by atoms with van der Waals surface area (Å²) in [5.74, 6) is 0.583. The molecule has 5 atom stereocenters. The van der Waals surface area contributed by atoms with Gasteiger partial charge in [-0.1, -0.05) is 133 Å². The van der Waals surface area contributed by atoms with E-state index in [1.807, 2.05) is 146 Å². The van der Waals surface area contributed by atoms with Gasteiger partial charge in [-0.3, -0.25) is 0 Å². The summed E-state index contributed by atoms with van der Waals surface area (Å²) in [6, 6.07) is 47.5. The fourth-order valence-electron chi connectivity index (χ4n) is 5.65. The summed E-state index contributed by atoms with van der Waals surface area (Å²) in [4.78, 5) is 0. The molecule has 1 fully saturated rings. The van der Waals surface area contributed by atoms with Gasteiger partial charge in [0.25, 0.3) is 0 Å². The maximum atomic E-state index is 9.59. The summed E-state index contributed by atoms with van der Waals surface area (Å²) in [5.41, 5.74) is 4.93. The third-order valence-electron chi connectivity index (χ3n) is 8.20. The lowest BCUT2D eigenvalue weighted by Crippen LogP contribution is -2.62. The second kappa shape index (κ2) is 17.7. The lowest BCUT2D eigenvalue weighted by molar-refractivity contribution is -0.310. The summed E-state index contributed by atoms with van der Waals surface area (Å²) in [6.07, 6.45) is -3.20. The largest absolute Gasteiger partial charge is 0.462 e. The Balaban J connectivity index is 1.32. The van der Waals surface area contributed by atoms with Gasteiger partial charge >= 0.3 is 0 Å². The second-order valence-corrected chi connectivity index (χ2v) is 11.7. The topological polar surface area (TPSA) is 75.6 Å². The Hall–Kier alpha value is -4.34. The summed E-state index contributed by atoms with van der Waals surface area (Å²) in [7, 11) is 0. The number of hydrogen-bond donors (Lipinski definition) is 1. The number of aliphatic hydroxyl groups excluding tert-OH is 1. The summed E-state index contributed by atoms with van der Waals surface area (Å²) in [6.45, 7) is 1.63. The van der Waals surface area contributed by atoms with Crippen molar-refractivity contribution in [2.75, 3.05) is 6.61 Å². The predicted molar refractivity (Wildman–Crippen MR) is 183 cm³/mol. The fraction of sp³-hybridized carbons (Fsp3) is 0.268. The molecule has 1 N–H and O–H groups in total. The highest BCUT2D eigenvalue weighted by molar-refractivity contribution is 5.27. The molecule has 2 unspecified atom stereocenters. The van der Waals surface area contributed by atoms with Crippen molar-refractivity contribution in [3.63, 3.8) is 0 Å². The summed E-state index contributed by atoms with van der Waals surface area (Å²) < 4.78 is 39.7. The van der Waals surface area contributed by atoms with Gasteiger partial charge in [0.2, 0.25) is 6.29 Å². The van der Waals surface area contributed by atoms with E-state index >= 15 is 0 Å². The maximum absolute atomic E-state index is 9.59. The highest BCUT2D eigenvalue weighted by atomic mass is 16.7. The number of hydrogen-bond acceptors (Lipinski definition) is 7. The average Bonchev–Trinajstić information content (AvgIpc) is 3.15. The highest BCUT2D eigenvalue weighted by Gasteiger charge is 2.49. The van der Waals surface area contributed by atoms with Crippen LogP contribution in [0.2, 0.25) is 0 Å². The Morgan fingerprint density at radius 1 is 0.458 bits per heavy atom. The van der Waals surface area contributed by atoms with Crippen molar-refractivity contribution in [1.29, 1.82) is 0 Å². The minimum atomic E-state index is -0.851. The molecule has 0 bridgehead atoms. The predicted octanol–water partition coefficient (Wildman–Crippen LogP) is 7.26. The molecule has 1 saturated heterocycles. The lowest BCUT2D eigenvalue weighted by Gasteiger charge is -2.45. The molecular weight excluding hydrogens is 604 g/mol. The lowest BCUT2D eigenvalue weighted by atomic mass is 9.97. The van der Waals surface area contributed by atoms with E-state index in [2.05, 4.69) is 0 Å². The van der Waals surface area contributed by atoms with Crippen molar-refractivity contribution >= 4 is 0 Å². The number of rotatable bonds is 16. The third kappa shape index (κ3) is 9.61. The molecule has 0 spiro atoms. The van der Waals surface area contributed by atoms with Crippen molar-refractivity contribution < 1.29 is 33.5 Å². The van der Waals surface area contributed by atoms with Crippen LogP contribution in [0.15, 0.2) is 146 Å². The van der Waals surface area contributed by atoms with Gasteiger partial charge in [0.15, 0.2) is 0 Å². The van der Waals surface area contributed by atoms with Gasteiger partial charge in [-0.15, -0.1) is 0 Å². The van der Waals surface area contributed by atoms with Gasteiger partial charge in [-0.05, 0) is 39.9 Å². The molecule has 1 heterocycles. The van der Waals surface area contributed by atoms with E-state index in [0.717, 1.165) is 27.8 Å². The van der Waals surface area contributed by atoms with Crippen LogP contribution in [-0.4, -0.2) is 42.4 Å².